The summed E-state index contributed by atoms with van der Waals surface area (Å²) in [6.07, 6.45) is 0. The fourth-order valence-corrected chi connectivity index (χ4v) is 1.61. The number of nitrogen functional groups attached to an aromatic ring is 1. The minimum Gasteiger partial charge on any atom is -0.446 e. The molecule has 0 aliphatic carbocycles. The molecule has 0 bridgehead atoms. The Kier molecular flexibility index (Phi) is 2.40. The minimum atomic E-state index is 0.550. The zero-order chi connectivity index (χ0) is 11.0. The predicted molar refractivity (Wildman–Crippen MR) is 60.8 cm³/mol. The van der Waals surface area contributed by atoms with Crippen molar-refractivity contribution in [3.63, 3.8) is 0 Å². The normalized spacial score (nSPS) is 10.6. The monoisotopic (exact) mass is 222 g/mol. The van der Waals surface area contributed by atoms with Crippen LogP contribution in [-0.2, 0) is 0 Å². The third-order valence-electron chi connectivity index (χ3n) is 2.17. The summed E-state index contributed by atoms with van der Waals surface area (Å²) < 4.78 is 5.35. The Morgan fingerprint density at radius 3 is 2.60 bits per heavy atom. The predicted octanol–water partition coefficient (Wildman–Crippen LogP) is 3.19. The van der Waals surface area contributed by atoms with Gasteiger partial charge in [0, 0.05) is 12.5 Å². The van der Waals surface area contributed by atoms with E-state index < -0.39 is 0 Å². The van der Waals surface area contributed by atoms with Gasteiger partial charge in [0.05, 0.1) is 10.7 Å². The first kappa shape index (κ1) is 10.1. The number of aryl methyl sites for hydroxylation is 2. The molecular formula is C11H11ClN2O. The first-order valence-corrected chi connectivity index (χ1v) is 4.95. The maximum atomic E-state index is 5.84. The Bertz CT molecular complexity index is 505. The summed E-state index contributed by atoms with van der Waals surface area (Å²) in [6, 6.07) is 5.44. The molecule has 15 heavy (non-hydrogen) atoms. The molecule has 0 radical (unpaired) electrons. The fourth-order valence-electron chi connectivity index (χ4n) is 1.49. The highest BCUT2D eigenvalue weighted by Gasteiger charge is 2.09. The number of hydrogen-bond donors (Lipinski definition) is 1. The van der Waals surface area contributed by atoms with E-state index in [-0.39, 0.29) is 0 Å². The molecule has 0 fully saturated rings. The lowest BCUT2D eigenvalue weighted by molar-refractivity contribution is 0.495. The number of benzene rings is 1. The Labute approximate surface area is 92.9 Å². The molecule has 1 aromatic carbocycles. The first-order valence-electron chi connectivity index (χ1n) is 4.57. The van der Waals surface area contributed by atoms with Crippen LogP contribution in [0.2, 0.25) is 5.02 Å². The van der Waals surface area contributed by atoms with Crippen LogP contribution in [0.25, 0.3) is 11.3 Å². The van der Waals surface area contributed by atoms with Crippen LogP contribution >= 0.6 is 11.6 Å². The van der Waals surface area contributed by atoms with Crippen LogP contribution < -0.4 is 5.73 Å². The van der Waals surface area contributed by atoms with Crippen molar-refractivity contribution in [1.29, 1.82) is 0 Å². The van der Waals surface area contributed by atoms with Crippen molar-refractivity contribution in [2.24, 2.45) is 0 Å². The van der Waals surface area contributed by atoms with Crippen LogP contribution in [0.4, 0.5) is 5.69 Å². The molecule has 0 amide bonds. The summed E-state index contributed by atoms with van der Waals surface area (Å²) in [5, 5.41) is 0.552. The van der Waals surface area contributed by atoms with Gasteiger partial charge in [-0.2, -0.15) is 0 Å². The van der Waals surface area contributed by atoms with Gasteiger partial charge < -0.3 is 10.2 Å². The maximum absolute atomic E-state index is 5.84. The topological polar surface area (TPSA) is 52.0 Å². The van der Waals surface area contributed by atoms with E-state index in [0.717, 1.165) is 17.0 Å². The molecule has 0 unspecified atom stereocenters. The molecule has 2 rings (SSSR count). The summed E-state index contributed by atoms with van der Waals surface area (Å²) in [5.41, 5.74) is 8.01. The highest BCUT2D eigenvalue weighted by Crippen LogP contribution is 2.28. The number of nitrogens with zero attached hydrogens (tertiary/aromatic N) is 1. The van der Waals surface area contributed by atoms with Crippen molar-refractivity contribution in [3.05, 3.63) is 34.9 Å². The number of oxazole rings is 1. The number of halogens is 1. The van der Waals surface area contributed by atoms with Crippen molar-refractivity contribution in [3.8, 4) is 11.3 Å². The summed E-state index contributed by atoms with van der Waals surface area (Å²) in [4.78, 5) is 4.29. The zero-order valence-corrected chi connectivity index (χ0v) is 9.30. The summed E-state index contributed by atoms with van der Waals surface area (Å²) in [5.74, 6) is 1.44. The maximum Gasteiger partial charge on any atom is 0.191 e. The average Bonchev–Trinajstić information content (AvgIpc) is 2.50. The molecule has 2 aromatic rings. The molecule has 4 heteroatoms. The van der Waals surface area contributed by atoms with Gasteiger partial charge in [-0.15, -0.1) is 0 Å². The molecule has 1 aromatic heterocycles. The third kappa shape index (κ3) is 1.83. The van der Waals surface area contributed by atoms with Crippen LogP contribution in [0.5, 0.6) is 0 Å². The number of nitrogens with two attached hydrogens (primary N) is 1. The molecule has 0 saturated heterocycles. The highest BCUT2D eigenvalue weighted by atomic mass is 35.5. The number of anilines is 1. The minimum absolute atomic E-state index is 0.550. The van der Waals surface area contributed by atoms with Gasteiger partial charge in [-0.3, -0.25) is 0 Å². The Balaban J connectivity index is 2.54. The van der Waals surface area contributed by atoms with Crippen molar-refractivity contribution >= 4 is 17.3 Å². The van der Waals surface area contributed by atoms with Gasteiger partial charge in [0.1, 0.15) is 11.5 Å². The second kappa shape index (κ2) is 3.59. The van der Waals surface area contributed by atoms with E-state index in [4.69, 9.17) is 21.8 Å². The lowest BCUT2D eigenvalue weighted by Gasteiger charge is -2.01. The smallest absolute Gasteiger partial charge is 0.191 e. The van der Waals surface area contributed by atoms with Crippen molar-refractivity contribution in [2.75, 3.05) is 5.73 Å². The molecule has 0 saturated carbocycles. The largest absolute Gasteiger partial charge is 0.446 e. The Hall–Kier alpha value is -1.48. The second-order valence-corrected chi connectivity index (χ2v) is 3.78. The van der Waals surface area contributed by atoms with Gasteiger partial charge in [-0.1, -0.05) is 17.7 Å². The molecule has 0 aliphatic heterocycles. The van der Waals surface area contributed by atoms with Crippen LogP contribution in [0.15, 0.2) is 22.6 Å². The van der Waals surface area contributed by atoms with Crippen LogP contribution in [0.3, 0.4) is 0 Å². The number of rotatable bonds is 1. The lowest BCUT2D eigenvalue weighted by Crippen LogP contribution is -1.88. The van der Waals surface area contributed by atoms with Crippen LogP contribution in [0.1, 0.15) is 11.7 Å². The molecule has 0 atom stereocenters. The molecular weight excluding hydrogens is 212 g/mol. The SMILES string of the molecule is Cc1nc(-c2ccc(Cl)c(N)c2)c(C)o1. The summed E-state index contributed by atoms with van der Waals surface area (Å²) >= 11 is 5.84. The van der Waals surface area contributed by atoms with E-state index >= 15 is 0 Å². The van der Waals surface area contributed by atoms with E-state index in [1.165, 1.54) is 0 Å². The van der Waals surface area contributed by atoms with Gasteiger partial charge in [-0.05, 0) is 19.1 Å². The van der Waals surface area contributed by atoms with Crippen molar-refractivity contribution < 1.29 is 4.42 Å². The molecule has 0 aliphatic rings. The zero-order valence-electron chi connectivity index (χ0n) is 8.54. The van der Waals surface area contributed by atoms with E-state index in [1.807, 2.05) is 19.9 Å². The molecule has 0 spiro atoms. The van der Waals surface area contributed by atoms with E-state index in [2.05, 4.69) is 4.98 Å². The standard InChI is InChI=1S/C11H11ClN2O/c1-6-11(14-7(2)15-6)8-3-4-9(12)10(13)5-8/h3-5H,13H2,1-2H3. The van der Waals surface area contributed by atoms with E-state index in [1.54, 1.807) is 12.1 Å². The molecule has 2 N–H and O–H groups in total. The first-order chi connectivity index (χ1) is 7.08. The van der Waals surface area contributed by atoms with Gasteiger partial charge in [0.15, 0.2) is 5.89 Å². The van der Waals surface area contributed by atoms with Crippen molar-refractivity contribution in [1.82, 2.24) is 4.98 Å². The number of hydrogen-bond acceptors (Lipinski definition) is 3. The van der Waals surface area contributed by atoms with Crippen LogP contribution in [-0.4, -0.2) is 4.98 Å². The molecule has 78 valence electrons. The molecule has 3 nitrogen and oxygen atoms in total. The summed E-state index contributed by atoms with van der Waals surface area (Å²) in [6.45, 7) is 3.69. The van der Waals surface area contributed by atoms with Crippen LogP contribution in [0, 0.1) is 13.8 Å². The average molecular weight is 223 g/mol. The summed E-state index contributed by atoms with van der Waals surface area (Å²) in [7, 11) is 0. The van der Waals surface area contributed by atoms with Gasteiger partial charge in [-0.25, -0.2) is 4.98 Å². The third-order valence-corrected chi connectivity index (χ3v) is 2.52. The van der Waals surface area contributed by atoms with Gasteiger partial charge in [0.2, 0.25) is 0 Å². The van der Waals surface area contributed by atoms with E-state index in [9.17, 15) is 0 Å². The van der Waals surface area contributed by atoms with Gasteiger partial charge in [0.25, 0.3) is 0 Å². The van der Waals surface area contributed by atoms with Crippen molar-refractivity contribution in [2.45, 2.75) is 13.8 Å². The lowest BCUT2D eigenvalue weighted by atomic mass is 10.1. The second-order valence-electron chi connectivity index (χ2n) is 3.37. The highest BCUT2D eigenvalue weighted by molar-refractivity contribution is 6.33. The molecule has 1 heterocycles. The Morgan fingerprint density at radius 2 is 2.07 bits per heavy atom. The quantitative estimate of drug-likeness (QED) is 0.754. The number of aromatic nitrogens is 1. The Morgan fingerprint density at radius 1 is 1.33 bits per heavy atom. The fraction of sp³-hybridized carbons (Fsp3) is 0.182. The van der Waals surface area contributed by atoms with E-state index in [0.29, 0.717) is 16.6 Å². The van der Waals surface area contributed by atoms with Gasteiger partial charge >= 0.3 is 0 Å².